The predicted molar refractivity (Wildman–Crippen MR) is 66.9 cm³/mol. The Morgan fingerprint density at radius 2 is 1.94 bits per heavy atom. The monoisotopic (exact) mass is 220 g/mol. The molecule has 0 radical (unpaired) electrons. The first-order chi connectivity index (χ1) is 7.32. The van der Waals surface area contributed by atoms with E-state index in [1.165, 1.54) is 0 Å². The van der Waals surface area contributed by atoms with Crippen LogP contribution in [0.25, 0.3) is 5.76 Å². The minimum atomic E-state index is 0.0277. The van der Waals surface area contributed by atoms with Gasteiger partial charge in [0, 0.05) is 32.9 Å². The smallest absolute Gasteiger partial charge is 0.247 e. The van der Waals surface area contributed by atoms with Crippen LogP contribution in [0.15, 0.2) is 31.0 Å². The van der Waals surface area contributed by atoms with Crippen LogP contribution in [0.2, 0.25) is 0 Å². The van der Waals surface area contributed by atoms with E-state index in [9.17, 15) is 0 Å². The van der Waals surface area contributed by atoms with E-state index in [-0.39, 0.29) is 11.6 Å². The highest BCUT2D eigenvalue weighted by molar-refractivity contribution is 5.50. The Hall–Kier alpha value is -1.31. The molecule has 2 heteroatoms. The maximum atomic E-state index is 5.66. The molecule has 0 aliphatic carbocycles. The zero-order valence-electron chi connectivity index (χ0n) is 10.9. The van der Waals surface area contributed by atoms with Crippen molar-refractivity contribution in [1.82, 2.24) is 0 Å². The molecule has 0 N–H and O–H groups in total. The van der Waals surface area contributed by atoms with E-state index in [4.69, 9.17) is 4.74 Å². The molecule has 0 amide bonds. The molecule has 0 aromatic carbocycles. The maximum Gasteiger partial charge on any atom is 0.247 e. The van der Waals surface area contributed by atoms with Crippen LogP contribution in [0, 0.1) is 0 Å². The molecule has 0 saturated heterocycles. The van der Waals surface area contributed by atoms with Crippen LogP contribution >= 0.6 is 0 Å². The molecule has 2 nitrogen and oxygen atoms in total. The van der Waals surface area contributed by atoms with Crippen LogP contribution in [0.3, 0.4) is 0 Å². The van der Waals surface area contributed by atoms with Gasteiger partial charge in [-0.15, -0.1) is 0 Å². The second-order valence-corrected chi connectivity index (χ2v) is 5.22. The minimum absolute atomic E-state index is 0.0277. The molecule has 88 valence electrons. The molecule has 1 rings (SSSR count). The van der Waals surface area contributed by atoms with Crippen molar-refractivity contribution in [3.63, 3.8) is 0 Å². The standard InChI is InChI=1S/C14H22NO/c1-11(2)16-12(3)13-9-7-8-10-15(13)14(4,5)6/h7-11H,3H2,1-2,4-6H3/q+1. The summed E-state index contributed by atoms with van der Waals surface area (Å²) in [6, 6.07) is 6.07. The molecule has 1 heterocycles. The van der Waals surface area contributed by atoms with Crippen molar-refractivity contribution in [3.05, 3.63) is 36.7 Å². The van der Waals surface area contributed by atoms with E-state index in [2.05, 4.69) is 38.1 Å². The van der Waals surface area contributed by atoms with Gasteiger partial charge >= 0.3 is 0 Å². The molecule has 0 spiro atoms. The van der Waals surface area contributed by atoms with Gasteiger partial charge in [0.1, 0.15) is 0 Å². The van der Waals surface area contributed by atoms with Gasteiger partial charge in [0.05, 0.1) is 6.10 Å². The Labute approximate surface area is 98.6 Å². The molecule has 0 fully saturated rings. The zero-order valence-corrected chi connectivity index (χ0v) is 10.9. The van der Waals surface area contributed by atoms with Gasteiger partial charge in [0.25, 0.3) is 0 Å². The minimum Gasteiger partial charge on any atom is -0.485 e. The fourth-order valence-electron chi connectivity index (χ4n) is 1.60. The highest BCUT2D eigenvalue weighted by Gasteiger charge is 2.27. The van der Waals surface area contributed by atoms with Crippen LogP contribution in [0.4, 0.5) is 0 Å². The van der Waals surface area contributed by atoms with E-state index in [0.29, 0.717) is 0 Å². The number of hydrogen-bond acceptors (Lipinski definition) is 1. The highest BCUT2D eigenvalue weighted by atomic mass is 16.5. The molecule has 0 bridgehead atoms. The average molecular weight is 220 g/mol. The normalized spacial score (nSPS) is 11.6. The van der Waals surface area contributed by atoms with Crippen molar-refractivity contribution in [1.29, 1.82) is 0 Å². The number of aromatic nitrogens is 1. The summed E-state index contributed by atoms with van der Waals surface area (Å²) in [5, 5.41) is 0. The molecule has 0 aliphatic heterocycles. The Bertz CT molecular complexity index is 375. The summed E-state index contributed by atoms with van der Waals surface area (Å²) in [6.07, 6.45) is 2.21. The summed E-state index contributed by atoms with van der Waals surface area (Å²) in [5.41, 5.74) is 1.06. The average Bonchev–Trinajstić information content (AvgIpc) is 2.15. The third-order valence-electron chi connectivity index (χ3n) is 2.25. The first-order valence-corrected chi connectivity index (χ1v) is 5.69. The number of pyridine rings is 1. The van der Waals surface area contributed by atoms with Crippen molar-refractivity contribution in [3.8, 4) is 0 Å². The molecular weight excluding hydrogens is 198 g/mol. The van der Waals surface area contributed by atoms with Crippen LogP contribution in [0.5, 0.6) is 0 Å². The number of rotatable bonds is 3. The summed E-state index contributed by atoms with van der Waals surface area (Å²) in [6.45, 7) is 14.5. The SMILES string of the molecule is C=C(OC(C)C)c1cccc[n+]1C(C)(C)C. The summed E-state index contributed by atoms with van der Waals surface area (Å²) < 4.78 is 7.84. The number of hydrogen-bond donors (Lipinski definition) is 0. The molecule has 0 unspecified atom stereocenters. The number of ether oxygens (including phenoxy) is 1. The Morgan fingerprint density at radius 3 is 2.44 bits per heavy atom. The van der Waals surface area contributed by atoms with Gasteiger partial charge in [0.2, 0.25) is 5.69 Å². The van der Waals surface area contributed by atoms with Gasteiger partial charge < -0.3 is 4.74 Å². The molecule has 1 aromatic heterocycles. The van der Waals surface area contributed by atoms with Crippen molar-refractivity contribution in [2.24, 2.45) is 0 Å². The highest BCUT2D eigenvalue weighted by Crippen LogP contribution is 2.15. The molecule has 0 atom stereocenters. The van der Waals surface area contributed by atoms with E-state index in [1.54, 1.807) is 0 Å². The lowest BCUT2D eigenvalue weighted by molar-refractivity contribution is -0.756. The zero-order chi connectivity index (χ0) is 12.3. The maximum absolute atomic E-state index is 5.66. The Kier molecular flexibility index (Phi) is 3.74. The molecule has 16 heavy (non-hydrogen) atoms. The van der Waals surface area contributed by atoms with Crippen molar-refractivity contribution in [2.75, 3.05) is 0 Å². The first-order valence-electron chi connectivity index (χ1n) is 5.69. The van der Waals surface area contributed by atoms with Gasteiger partial charge in [-0.2, -0.15) is 4.57 Å². The third kappa shape index (κ3) is 3.09. The second kappa shape index (κ2) is 4.69. The molecule has 0 saturated carbocycles. The van der Waals surface area contributed by atoms with E-state index >= 15 is 0 Å². The van der Waals surface area contributed by atoms with Gasteiger partial charge in [-0.3, -0.25) is 0 Å². The van der Waals surface area contributed by atoms with Crippen LogP contribution in [-0.2, 0) is 10.3 Å². The fourth-order valence-corrected chi connectivity index (χ4v) is 1.60. The third-order valence-corrected chi connectivity index (χ3v) is 2.25. The topological polar surface area (TPSA) is 13.1 Å². The molecular formula is C14H22NO+. The van der Waals surface area contributed by atoms with Crippen LogP contribution in [0.1, 0.15) is 40.3 Å². The predicted octanol–water partition coefficient (Wildman–Crippen LogP) is 3.12. The summed E-state index contributed by atoms with van der Waals surface area (Å²) in [4.78, 5) is 0. The van der Waals surface area contributed by atoms with Crippen molar-refractivity contribution < 1.29 is 9.30 Å². The van der Waals surface area contributed by atoms with Gasteiger partial charge in [-0.05, 0) is 26.5 Å². The Morgan fingerprint density at radius 1 is 1.31 bits per heavy atom. The quantitative estimate of drug-likeness (QED) is 0.563. The summed E-state index contributed by atoms with van der Waals surface area (Å²) in [7, 11) is 0. The van der Waals surface area contributed by atoms with Gasteiger partial charge in [-0.25, -0.2) is 0 Å². The van der Waals surface area contributed by atoms with Crippen LogP contribution < -0.4 is 4.57 Å². The Balaban J connectivity index is 3.09. The molecule has 1 aromatic rings. The lowest BCUT2D eigenvalue weighted by Gasteiger charge is -2.18. The van der Waals surface area contributed by atoms with Crippen molar-refractivity contribution in [2.45, 2.75) is 46.3 Å². The summed E-state index contributed by atoms with van der Waals surface area (Å²) >= 11 is 0. The van der Waals surface area contributed by atoms with Gasteiger partial charge in [0.15, 0.2) is 17.5 Å². The lowest BCUT2D eigenvalue weighted by Crippen LogP contribution is -2.52. The second-order valence-electron chi connectivity index (χ2n) is 5.22. The van der Waals surface area contributed by atoms with Gasteiger partial charge in [-0.1, -0.05) is 0 Å². The lowest BCUT2D eigenvalue weighted by atomic mass is 10.1. The van der Waals surface area contributed by atoms with E-state index in [0.717, 1.165) is 11.5 Å². The van der Waals surface area contributed by atoms with Crippen LogP contribution in [-0.4, -0.2) is 6.10 Å². The van der Waals surface area contributed by atoms with E-state index in [1.807, 2.05) is 32.0 Å². The fraction of sp³-hybridized carbons (Fsp3) is 0.500. The van der Waals surface area contributed by atoms with E-state index < -0.39 is 0 Å². The largest absolute Gasteiger partial charge is 0.485 e. The summed E-state index contributed by atoms with van der Waals surface area (Å²) in [5.74, 6) is 0.727. The van der Waals surface area contributed by atoms with Crippen molar-refractivity contribution >= 4 is 5.76 Å². The first kappa shape index (κ1) is 12.8. The molecule has 0 aliphatic rings. The number of nitrogens with zero attached hydrogens (tertiary/aromatic N) is 1.